The molecule has 0 saturated carbocycles. The fourth-order valence-corrected chi connectivity index (χ4v) is 3.88. The fraction of sp³-hybridized carbons (Fsp3) is 0.118. The molecule has 0 unspecified atom stereocenters. The van der Waals surface area contributed by atoms with E-state index in [9.17, 15) is 13.2 Å². The molecule has 0 bridgehead atoms. The third-order valence-electron chi connectivity index (χ3n) is 3.18. The number of halogens is 1. The maximum absolute atomic E-state index is 12.9. The lowest BCUT2D eigenvalue weighted by Gasteiger charge is -2.24. The van der Waals surface area contributed by atoms with Crippen molar-refractivity contribution in [2.75, 3.05) is 16.2 Å². The van der Waals surface area contributed by atoms with Gasteiger partial charge in [-0.05, 0) is 36.4 Å². The highest BCUT2D eigenvalue weighted by molar-refractivity contribution is 7.92. The van der Waals surface area contributed by atoms with Crippen LogP contribution >= 0.6 is 11.6 Å². The second-order valence-corrected chi connectivity index (χ2v) is 7.25. The van der Waals surface area contributed by atoms with Crippen LogP contribution in [0, 0.1) is 0 Å². The zero-order valence-electron chi connectivity index (χ0n) is 13.1. The van der Waals surface area contributed by atoms with Crippen molar-refractivity contribution in [2.45, 2.75) is 11.8 Å². The van der Waals surface area contributed by atoms with Gasteiger partial charge in [0.15, 0.2) is 0 Å². The molecule has 5 nitrogen and oxygen atoms in total. The molecule has 2 rings (SSSR count). The molecule has 1 N–H and O–H groups in total. The summed E-state index contributed by atoms with van der Waals surface area (Å²) in [5, 5.41) is 2.93. The van der Waals surface area contributed by atoms with E-state index in [0.717, 1.165) is 0 Å². The number of amides is 1. The van der Waals surface area contributed by atoms with Crippen LogP contribution in [0.3, 0.4) is 0 Å². The fourth-order valence-electron chi connectivity index (χ4n) is 2.14. The minimum absolute atomic E-state index is 0.0829. The van der Waals surface area contributed by atoms with Crippen LogP contribution in [0.25, 0.3) is 0 Å². The van der Waals surface area contributed by atoms with Gasteiger partial charge >= 0.3 is 0 Å². The van der Waals surface area contributed by atoms with E-state index in [0.29, 0.717) is 16.4 Å². The Morgan fingerprint density at radius 3 is 2.38 bits per heavy atom. The van der Waals surface area contributed by atoms with E-state index >= 15 is 0 Å². The zero-order valence-corrected chi connectivity index (χ0v) is 14.6. The van der Waals surface area contributed by atoms with Crippen molar-refractivity contribution in [3.8, 4) is 0 Å². The SMILES string of the molecule is C=CCN(c1ccccc1Cl)S(=O)(=O)c1ccc(NC(C)=O)cc1. The lowest BCUT2D eigenvalue weighted by Crippen LogP contribution is -2.31. The molecule has 0 aliphatic carbocycles. The monoisotopic (exact) mass is 364 g/mol. The number of sulfonamides is 1. The molecular formula is C17H17ClN2O3S. The first kappa shape index (κ1) is 18.0. The number of para-hydroxylation sites is 1. The predicted octanol–water partition coefficient (Wildman–Crippen LogP) is 3.68. The lowest BCUT2D eigenvalue weighted by molar-refractivity contribution is -0.114. The van der Waals surface area contributed by atoms with Gasteiger partial charge in [0.25, 0.3) is 10.0 Å². The van der Waals surface area contributed by atoms with E-state index in [1.165, 1.54) is 41.6 Å². The maximum Gasteiger partial charge on any atom is 0.264 e. The predicted molar refractivity (Wildman–Crippen MR) is 96.9 cm³/mol. The molecule has 1 amide bonds. The summed E-state index contributed by atoms with van der Waals surface area (Å²) >= 11 is 6.14. The van der Waals surface area contributed by atoms with Crippen LogP contribution in [0.2, 0.25) is 5.02 Å². The van der Waals surface area contributed by atoms with E-state index in [4.69, 9.17) is 11.6 Å². The molecule has 0 aliphatic heterocycles. The Morgan fingerprint density at radius 2 is 1.83 bits per heavy atom. The maximum atomic E-state index is 12.9. The number of hydrogen-bond acceptors (Lipinski definition) is 3. The highest BCUT2D eigenvalue weighted by atomic mass is 35.5. The molecule has 24 heavy (non-hydrogen) atoms. The van der Waals surface area contributed by atoms with Gasteiger partial charge in [-0.2, -0.15) is 0 Å². The highest BCUT2D eigenvalue weighted by Gasteiger charge is 2.25. The number of benzene rings is 2. The number of hydrogen-bond donors (Lipinski definition) is 1. The molecule has 0 spiro atoms. The Kier molecular flexibility index (Phi) is 5.64. The molecule has 2 aromatic carbocycles. The summed E-state index contributed by atoms with van der Waals surface area (Å²) in [4.78, 5) is 11.1. The summed E-state index contributed by atoms with van der Waals surface area (Å²) in [5.41, 5.74) is 0.902. The van der Waals surface area contributed by atoms with Gasteiger partial charge in [0.1, 0.15) is 0 Å². The summed E-state index contributed by atoms with van der Waals surface area (Å²) in [5.74, 6) is -0.227. The normalized spacial score (nSPS) is 10.9. The quantitative estimate of drug-likeness (QED) is 0.795. The molecule has 0 heterocycles. The van der Waals surface area contributed by atoms with Crippen LogP contribution in [0.1, 0.15) is 6.92 Å². The molecule has 0 aromatic heterocycles. The summed E-state index contributed by atoms with van der Waals surface area (Å²) < 4.78 is 27.1. The van der Waals surface area contributed by atoms with Crippen molar-refractivity contribution < 1.29 is 13.2 Å². The van der Waals surface area contributed by atoms with Crippen molar-refractivity contribution in [1.82, 2.24) is 0 Å². The Hall–Kier alpha value is -2.31. The van der Waals surface area contributed by atoms with Crippen molar-refractivity contribution in [3.63, 3.8) is 0 Å². The Labute approximate surface area is 146 Å². The Bertz CT molecular complexity index is 848. The minimum Gasteiger partial charge on any atom is -0.326 e. The van der Waals surface area contributed by atoms with E-state index in [-0.39, 0.29) is 17.3 Å². The van der Waals surface area contributed by atoms with E-state index in [2.05, 4.69) is 11.9 Å². The minimum atomic E-state index is -3.82. The van der Waals surface area contributed by atoms with Gasteiger partial charge < -0.3 is 5.32 Å². The number of rotatable bonds is 6. The largest absolute Gasteiger partial charge is 0.326 e. The number of nitrogens with one attached hydrogen (secondary N) is 1. The van der Waals surface area contributed by atoms with Crippen LogP contribution in [0.4, 0.5) is 11.4 Å². The number of carbonyl (C=O) groups is 1. The molecular weight excluding hydrogens is 348 g/mol. The average molecular weight is 365 g/mol. The summed E-state index contributed by atoms with van der Waals surface area (Å²) in [7, 11) is -3.82. The molecule has 7 heteroatoms. The average Bonchev–Trinajstić information content (AvgIpc) is 2.53. The van der Waals surface area contributed by atoms with Crippen LogP contribution in [-0.4, -0.2) is 20.9 Å². The molecule has 0 radical (unpaired) electrons. The van der Waals surface area contributed by atoms with Crippen molar-refractivity contribution in [3.05, 3.63) is 66.2 Å². The summed E-state index contributed by atoms with van der Waals surface area (Å²) in [6.45, 7) is 5.08. The molecule has 0 saturated heterocycles. The first-order chi connectivity index (χ1) is 11.4. The molecule has 2 aromatic rings. The molecule has 0 fully saturated rings. The lowest BCUT2D eigenvalue weighted by atomic mass is 10.3. The zero-order chi connectivity index (χ0) is 17.7. The van der Waals surface area contributed by atoms with Crippen LogP contribution in [0.5, 0.6) is 0 Å². The van der Waals surface area contributed by atoms with Crippen molar-refractivity contribution >= 4 is 38.9 Å². The highest BCUT2D eigenvalue weighted by Crippen LogP contribution is 2.30. The topological polar surface area (TPSA) is 66.5 Å². The van der Waals surface area contributed by atoms with Crippen molar-refractivity contribution in [2.24, 2.45) is 0 Å². The third-order valence-corrected chi connectivity index (χ3v) is 5.29. The first-order valence-electron chi connectivity index (χ1n) is 7.12. The van der Waals surface area contributed by atoms with Crippen LogP contribution < -0.4 is 9.62 Å². The number of anilines is 2. The second kappa shape index (κ2) is 7.51. The molecule has 0 atom stereocenters. The number of nitrogens with zero attached hydrogens (tertiary/aromatic N) is 1. The summed E-state index contributed by atoms with van der Waals surface area (Å²) in [6.07, 6.45) is 1.49. The standard InChI is InChI=1S/C17H17ClN2O3S/c1-3-12-20(17-7-5-4-6-16(17)18)24(22,23)15-10-8-14(9-11-15)19-13(2)21/h3-11H,1,12H2,2H3,(H,19,21). The van der Waals surface area contributed by atoms with Gasteiger partial charge in [0.2, 0.25) is 5.91 Å². The Morgan fingerprint density at radius 1 is 1.21 bits per heavy atom. The van der Waals surface area contributed by atoms with E-state index < -0.39 is 10.0 Å². The number of carbonyl (C=O) groups excluding carboxylic acids is 1. The van der Waals surface area contributed by atoms with Gasteiger partial charge in [-0.3, -0.25) is 9.10 Å². The summed E-state index contributed by atoms with van der Waals surface area (Å²) in [6, 6.07) is 12.7. The van der Waals surface area contributed by atoms with E-state index in [1.807, 2.05) is 0 Å². The van der Waals surface area contributed by atoms with Crippen LogP contribution in [0.15, 0.2) is 66.1 Å². The van der Waals surface area contributed by atoms with Gasteiger partial charge in [0, 0.05) is 12.6 Å². The van der Waals surface area contributed by atoms with Gasteiger partial charge in [-0.25, -0.2) is 8.42 Å². The third kappa shape index (κ3) is 3.96. The van der Waals surface area contributed by atoms with Gasteiger partial charge in [-0.15, -0.1) is 6.58 Å². The van der Waals surface area contributed by atoms with Crippen LogP contribution in [-0.2, 0) is 14.8 Å². The van der Waals surface area contributed by atoms with Crippen molar-refractivity contribution in [1.29, 1.82) is 0 Å². The first-order valence-corrected chi connectivity index (χ1v) is 8.94. The van der Waals surface area contributed by atoms with E-state index in [1.54, 1.807) is 24.3 Å². The van der Waals surface area contributed by atoms with Gasteiger partial charge in [-0.1, -0.05) is 29.8 Å². The molecule has 0 aliphatic rings. The van der Waals surface area contributed by atoms with Gasteiger partial charge in [0.05, 0.1) is 22.2 Å². The smallest absolute Gasteiger partial charge is 0.264 e. The molecule has 126 valence electrons. The second-order valence-electron chi connectivity index (χ2n) is 4.98. The Balaban J connectivity index is 2.43.